The lowest BCUT2D eigenvalue weighted by atomic mass is 10.1. The molecule has 1 aliphatic rings. The van der Waals surface area contributed by atoms with Crippen LogP contribution < -0.4 is 9.64 Å². The highest BCUT2D eigenvalue weighted by Crippen LogP contribution is 2.20. The van der Waals surface area contributed by atoms with Crippen LogP contribution in [0.3, 0.4) is 0 Å². The van der Waals surface area contributed by atoms with Crippen molar-refractivity contribution in [1.29, 1.82) is 0 Å². The fourth-order valence-electron chi connectivity index (χ4n) is 3.51. The largest absolute Gasteiger partial charge is 0.497 e. The second-order valence-electron chi connectivity index (χ2n) is 7.05. The number of nitrogens with zero attached hydrogens (tertiary/aromatic N) is 3. The van der Waals surface area contributed by atoms with Crippen molar-refractivity contribution in [1.82, 2.24) is 9.88 Å². The average Bonchev–Trinajstić information content (AvgIpc) is 2.82. The summed E-state index contributed by atoms with van der Waals surface area (Å²) in [7, 11) is 1.64. The fourth-order valence-corrected chi connectivity index (χ4v) is 3.51. The van der Waals surface area contributed by atoms with E-state index in [-0.39, 0.29) is 12.5 Å². The number of ether oxygens (including phenoxy) is 2. The first-order valence-electron chi connectivity index (χ1n) is 9.83. The third kappa shape index (κ3) is 4.35. The quantitative estimate of drug-likeness (QED) is 0.608. The molecule has 0 radical (unpaired) electrons. The molecule has 1 saturated heterocycles. The van der Waals surface area contributed by atoms with Crippen molar-refractivity contribution in [3.8, 4) is 5.75 Å². The molecule has 1 aliphatic heterocycles. The van der Waals surface area contributed by atoms with E-state index >= 15 is 0 Å². The van der Waals surface area contributed by atoms with Gasteiger partial charge in [0.05, 0.1) is 18.2 Å². The first-order chi connectivity index (χ1) is 14.6. The number of rotatable bonds is 5. The van der Waals surface area contributed by atoms with Crippen molar-refractivity contribution in [3.05, 3.63) is 66.4 Å². The van der Waals surface area contributed by atoms with Crippen molar-refractivity contribution in [3.63, 3.8) is 0 Å². The predicted molar refractivity (Wildman–Crippen MR) is 114 cm³/mol. The van der Waals surface area contributed by atoms with Crippen molar-refractivity contribution in [2.45, 2.75) is 0 Å². The molecule has 0 unspecified atom stereocenters. The van der Waals surface area contributed by atoms with Gasteiger partial charge in [-0.15, -0.1) is 0 Å². The fraction of sp³-hybridized carbons (Fsp3) is 0.261. The number of piperazine rings is 1. The van der Waals surface area contributed by atoms with Crippen LogP contribution in [-0.2, 0) is 9.53 Å². The van der Waals surface area contributed by atoms with Gasteiger partial charge in [-0.25, -0.2) is 4.79 Å². The van der Waals surface area contributed by atoms with E-state index in [4.69, 9.17) is 9.47 Å². The maximum atomic E-state index is 12.5. The van der Waals surface area contributed by atoms with Gasteiger partial charge in [-0.2, -0.15) is 0 Å². The molecule has 7 nitrogen and oxygen atoms in total. The van der Waals surface area contributed by atoms with Crippen molar-refractivity contribution >= 4 is 28.5 Å². The van der Waals surface area contributed by atoms with Crippen molar-refractivity contribution in [2.75, 3.05) is 44.8 Å². The van der Waals surface area contributed by atoms with Gasteiger partial charge in [0.1, 0.15) is 5.75 Å². The lowest BCUT2D eigenvalue weighted by molar-refractivity contribution is -0.134. The van der Waals surface area contributed by atoms with Gasteiger partial charge in [-0.3, -0.25) is 9.78 Å². The summed E-state index contributed by atoms with van der Waals surface area (Å²) in [6.07, 6.45) is 1.70. The Morgan fingerprint density at radius 1 is 1.00 bits per heavy atom. The van der Waals surface area contributed by atoms with Crippen molar-refractivity contribution in [2.24, 2.45) is 0 Å². The molecule has 0 atom stereocenters. The van der Waals surface area contributed by atoms with E-state index in [9.17, 15) is 9.59 Å². The van der Waals surface area contributed by atoms with Gasteiger partial charge in [0.25, 0.3) is 5.91 Å². The Hall–Kier alpha value is -3.61. The Bertz CT molecular complexity index is 1040. The number of methoxy groups -OCH3 is 1. The zero-order chi connectivity index (χ0) is 20.9. The standard InChI is InChI=1S/C23H23N3O4/c1-29-20-7-5-19(6-8-20)25-11-13-26(14-12-25)22(27)16-30-23(28)18-4-9-21-17(15-18)3-2-10-24-21/h2-10,15H,11-14,16H2,1H3. The number of esters is 1. The minimum Gasteiger partial charge on any atom is -0.497 e. The van der Waals surface area contributed by atoms with Gasteiger partial charge in [-0.05, 0) is 48.5 Å². The van der Waals surface area contributed by atoms with Crippen LogP contribution in [-0.4, -0.2) is 61.7 Å². The molecule has 0 aliphatic carbocycles. The summed E-state index contributed by atoms with van der Waals surface area (Å²) in [5, 5.41) is 0.855. The Balaban J connectivity index is 1.28. The first-order valence-corrected chi connectivity index (χ1v) is 9.83. The minimum absolute atomic E-state index is 0.180. The van der Waals surface area contributed by atoms with Gasteiger partial charge in [-0.1, -0.05) is 6.07 Å². The van der Waals surface area contributed by atoms with E-state index in [0.717, 1.165) is 35.4 Å². The molecule has 30 heavy (non-hydrogen) atoms. The van der Waals surface area contributed by atoms with Crippen LogP contribution in [0.5, 0.6) is 5.75 Å². The summed E-state index contributed by atoms with van der Waals surface area (Å²) < 4.78 is 10.4. The molecule has 0 spiro atoms. The summed E-state index contributed by atoms with van der Waals surface area (Å²) in [4.78, 5) is 33.0. The summed E-state index contributed by atoms with van der Waals surface area (Å²) in [5.41, 5.74) is 2.31. The van der Waals surface area contributed by atoms with Crippen LogP contribution in [0.2, 0.25) is 0 Å². The molecule has 0 saturated carbocycles. The number of aromatic nitrogens is 1. The zero-order valence-corrected chi connectivity index (χ0v) is 16.8. The van der Waals surface area contributed by atoms with Crippen molar-refractivity contribution < 1.29 is 19.1 Å². The van der Waals surface area contributed by atoms with E-state index in [2.05, 4.69) is 9.88 Å². The molecule has 7 heteroatoms. The normalized spacial score (nSPS) is 13.9. The Morgan fingerprint density at radius 2 is 1.77 bits per heavy atom. The predicted octanol–water partition coefficient (Wildman–Crippen LogP) is 2.75. The maximum absolute atomic E-state index is 12.5. The Kier molecular flexibility index (Phi) is 5.79. The maximum Gasteiger partial charge on any atom is 0.338 e. The zero-order valence-electron chi connectivity index (χ0n) is 16.8. The van der Waals surface area contributed by atoms with E-state index in [0.29, 0.717) is 18.7 Å². The molecular formula is C23H23N3O4. The van der Waals surface area contributed by atoms with E-state index in [1.54, 1.807) is 36.4 Å². The minimum atomic E-state index is -0.508. The third-order valence-corrected chi connectivity index (χ3v) is 5.24. The van der Waals surface area contributed by atoms with Crippen LogP contribution in [0.15, 0.2) is 60.8 Å². The number of carbonyl (C=O) groups excluding carboxylic acids is 2. The monoisotopic (exact) mass is 405 g/mol. The Labute approximate surface area is 174 Å². The molecule has 1 aromatic heterocycles. The topological polar surface area (TPSA) is 72.0 Å². The van der Waals surface area contributed by atoms with Crippen LogP contribution >= 0.6 is 0 Å². The second-order valence-corrected chi connectivity index (χ2v) is 7.05. The molecule has 3 aromatic rings. The van der Waals surface area contributed by atoms with Crippen LogP contribution in [0.25, 0.3) is 10.9 Å². The number of amides is 1. The van der Waals surface area contributed by atoms with Gasteiger partial charge in [0.2, 0.25) is 0 Å². The van der Waals surface area contributed by atoms with Gasteiger partial charge < -0.3 is 19.3 Å². The average molecular weight is 405 g/mol. The Morgan fingerprint density at radius 3 is 2.50 bits per heavy atom. The summed E-state index contributed by atoms with van der Waals surface area (Å²) in [6.45, 7) is 2.37. The molecule has 1 amide bonds. The van der Waals surface area contributed by atoms with Gasteiger partial charge in [0.15, 0.2) is 6.61 Å². The number of pyridine rings is 1. The third-order valence-electron chi connectivity index (χ3n) is 5.24. The highest BCUT2D eigenvalue weighted by molar-refractivity contribution is 5.95. The molecule has 2 heterocycles. The lowest BCUT2D eigenvalue weighted by Crippen LogP contribution is -2.49. The molecule has 4 rings (SSSR count). The number of benzene rings is 2. The van der Waals surface area contributed by atoms with Gasteiger partial charge >= 0.3 is 5.97 Å². The molecule has 2 aromatic carbocycles. The molecular weight excluding hydrogens is 382 g/mol. The summed E-state index contributed by atoms with van der Waals surface area (Å²) >= 11 is 0. The molecule has 0 bridgehead atoms. The molecule has 1 fully saturated rings. The van der Waals surface area contributed by atoms with Gasteiger partial charge in [0, 0.05) is 43.4 Å². The number of anilines is 1. The number of hydrogen-bond donors (Lipinski definition) is 0. The van der Waals surface area contributed by atoms with E-state index in [1.807, 2.05) is 36.4 Å². The van der Waals surface area contributed by atoms with Crippen LogP contribution in [0, 0.1) is 0 Å². The number of fused-ring (bicyclic) bond motifs is 1. The van der Waals surface area contributed by atoms with Crippen LogP contribution in [0.1, 0.15) is 10.4 Å². The summed E-state index contributed by atoms with van der Waals surface area (Å²) in [6, 6.07) is 16.7. The first kappa shape index (κ1) is 19.7. The highest BCUT2D eigenvalue weighted by atomic mass is 16.5. The SMILES string of the molecule is COc1ccc(N2CCN(C(=O)COC(=O)c3ccc4ncccc4c3)CC2)cc1. The lowest BCUT2D eigenvalue weighted by Gasteiger charge is -2.36. The van der Waals surface area contributed by atoms with E-state index < -0.39 is 5.97 Å². The molecule has 154 valence electrons. The number of carbonyl (C=O) groups is 2. The van der Waals surface area contributed by atoms with E-state index in [1.165, 1.54) is 0 Å². The number of hydrogen-bond acceptors (Lipinski definition) is 6. The highest BCUT2D eigenvalue weighted by Gasteiger charge is 2.22. The molecule has 0 N–H and O–H groups in total. The smallest absolute Gasteiger partial charge is 0.338 e. The second kappa shape index (κ2) is 8.82. The summed E-state index contributed by atoms with van der Waals surface area (Å²) in [5.74, 6) is 0.128. The van der Waals surface area contributed by atoms with Crippen LogP contribution in [0.4, 0.5) is 5.69 Å².